The van der Waals surface area contributed by atoms with Crippen molar-refractivity contribution in [2.24, 2.45) is 5.92 Å². The van der Waals surface area contributed by atoms with Gasteiger partial charge in [0.1, 0.15) is 0 Å². The molecule has 0 N–H and O–H groups in total. The average Bonchev–Trinajstić information content (AvgIpc) is 3.09. The SMILES string of the molecule is CC1CCN(C(=O)CCc2nc(-c3ccc(C(C)(C)C)cc3)no2)CC1. The number of hydrogen-bond acceptors (Lipinski definition) is 4. The van der Waals surface area contributed by atoms with Crippen molar-refractivity contribution in [1.29, 1.82) is 0 Å². The molecular weight excluding hydrogens is 326 g/mol. The lowest BCUT2D eigenvalue weighted by Gasteiger charge is -2.30. The first-order valence-corrected chi connectivity index (χ1v) is 9.54. The van der Waals surface area contributed by atoms with E-state index in [0.29, 0.717) is 24.6 Å². The summed E-state index contributed by atoms with van der Waals surface area (Å²) in [6, 6.07) is 8.25. The number of likely N-dealkylation sites (tertiary alicyclic amines) is 1. The molecule has 2 heterocycles. The maximum Gasteiger partial charge on any atom is 0.227 e. The second-order valence-corrected chi connectivity index (χ2v) is 8.40. The number of hydrogen-bond donors (Lipinski definition) is 0. The van der Waals surface area contributed by atoms with Crippen molar-refractivity contribution in [3.63, 3.8) is 0 Å². The minimum atomic E-state index is 0.119. The van der Waals surface area contributed by atoms with Crippen LogP contribution in [0.3, 0.4) is 0 Å². The normalized spacial score (nSPS) is 16.1. The van der Waals surface area contributed by atoms with Crippen LogP contribution in [0.5, 0.6) is 0 Å². The average molecular weight is 355 g/mol. The van der Waals surface area contributed by atoms with E-state index in [9.17, 15) is 4.79 Å². The second kappa shape index (κ2) is 7.60. The van der Waals surface area contributed by atoms with Gasteiger partial charge in [0, 0.05) is 31.5 Å². The molecule has 0 aliphatic carbocycles. The summed E-state index contributed by atoms with van der Waals surface area (Å²) in [5.41, 5.74) is 2.32. The Morgan fingerprint density at radius 1 is 1.19 bits per heavy atom. The van der Waals surface area contributed by atoms with Gasteiger partial charge in [0.05, 0.1) is 0 Å². The highest BCUT2D eigenvalue weighted by atomic mass is 16.5. The van der Waals surface area contributed by atoms with Crippen LogP contribution in [0.4, 0.5) is 0 Å². The van der Waals surface area contributed by atoms with Gasteiger partial charge in [0.25, 0.3) is 0 Å². The number of benzene rings is 1. The van der Waals surface area contributed by atoms with Gasteiger partial charge in [0.15, 0.2) is 0 Å². The molecule has 3 rings (SSSR count). The zero-order chi connectivity index (χ0) is 18.7. The van der Waals surface area contributed by atoms with E-state index >= 15 is 0 Å². The summed E-state index contributed by atoms with van der Waals surface area (Å²) >= 11 is 0. The molecule has 2 aromatic rings. The van der Waals surface area contributed by atoms with E-state index in [1.807, 2.05) is 17.0 Å². The Morgan fingerprint density at radius 3 is 2.46 bits per heavy atom. The van der Waals surface area contributed by atoms with Crippen LogP contribution in [-0.4, -0.2) is 34.0 Å². The minimum Gasteiger partial charge on any atom is -0.343 e. The molecule has 1 aliphatic rings. The van der Waals surface area contributed by atoms with Crippen molar-refractivity contribution in [3.8, 4) is 11.4 Å². The molecule has 1 aliphatic heterocycles. The molecule has 1 aromatic heterocycles. The smallest absolute Gasteiger partial charge is 0.227 e. The molecule has 0 radical (unpaired) electrons. The molecule has 0 spiro atoms. The fraction of sp³-hybridized carbons (Fsp3) is 0.571. The van der Waals surface area contributed by atoms with Gasteiger partial charge >= 0.3 is 0 Å². The topological polar surface area (TPSA) is 59.2 Å². The largest absolute Gasteiger partial charge is 0.343 e. The van der Waals surface area contributed by atoms with E-state index in [-0.39, 0.29) is 11.3 Å². The monoisotopic (exact) mass is 355 g/mol. The van der Waals surface area contributed by atoms with E-state index in [1.54, 1.807) is 0 Å². The summed E-state index contributed by atoms with van der Waals surface area (Å²) < 4.78 is 5.34. The molecule has 5 nitrogen and oxygen atoms in total. The van der Waals surface area contributed by atoms with Gasteiger partial charge in [-0.05, 0) is 29.7 Å². The second-order valence-electron chi connectivity index (χ2n) is 8.40. The first-order valence-electron chi connectivity index (χ1n) is 9.54. The Bertz CT molecular complexity index is 735. The van der Waals surface area contributed by atoms with Crippen LogP contribution in [0.25, 0.3) is 11.4 Å². The van der Waals surface area contributed by atoms with Crippen molar-refractivity contribution >= 4 is 5.91 Å². The van der Waals surface area contributed by atoms with Crippen LogP contribution in [0.2, 0.25) is 0 Å². The van der Waals surface area contributed by atoms with Crippen molar-refractivity contribution in [2.45, 2.75) is 58.8 Å². The summed E-state index contributed by atoms with van der Waals surface area (Å²) in [6.07, 6.45) is 3.12. The predicted molar refractivity (Wildman–Crippen MR) is 102 cm³/mol. The van der Waals surface area contributed by atoms with Crippen molar-refractivity contribution in [2.75, 3.05) is 13.1 Å². The standard InChI is InChI=1S/C21H29N3O2/c1-15-11-13-24(14-12-15)19(25)10-9-18-22-20(23-26-18)16-5-7-17(8-6-16)21(2,3)4/h5-8,15H,9-14H2,1-4H3. The van der Waals surface area contributed by atoms with Gasteiger partial charge in [0.2, 0.25) is 17.6 Å². The molecule has 140 valence electrons. The highest BCUT2D eigenvalue weighted by Gasteiger charge is 2.21. The molecular formula is C21H29N3O2. The Hall–Kier alpha value is -2.17. The summed E-state index contributed by atoms with van der Waals surface area (Å²) in [5, 5.41) is 4.07. The minimum absolute atomic E-state index is 0.119. The number of aryl methyl sites for hydroxylation is 1. The lowest BCUT2D eigenvalue weighted by atomic mass is 9.87. The van der Waals surface area contributed by atoms with Gasteiger partial charge < -0.3 is 9.42 Å². The van der Waals surface area contributed by atoms with Crippen molar-refractivity contribution in [3.05, 3.63) is 35.7 Å². The summed E-state index contributed by atoms with van der Waals surface area (Å²) in [4.78, 5) is 18.7. The van der Waals surface area contributed by atoms with Gasteiger partial charge in [-0.3, -0.25) is 4.79 Å². The number of aromatic nitrogens is 2. The molecule has 0 bridgehead atoms. The van der Waals surface area contributed by atoms with E-state index in [0.717, 1.165) is 37.4 Å². The highest BCUT2D eigenvalue weighted by Crippen LogP contribution is 2.25. The third-order valence-corrected chi connectivity index (χ3v) is 5.17. The number of amides is 1. The fourth-order valence-electron chi connectivity index (χ4n) is 3.22. The lowest BCUT2D eigenvalue weighted by molar-refractivity contribution is -0.132. The molecule has 1 aromatic carbocycles. The Labute approximate surface area is 155 Å². The lowest BCUT2D eigenvalue weighted by Crippen LogP contribution is -2.38. The van der Waals surface area contributed by atoms with E-state index in [4.69, 9.17) is 4.52 Å². The van der Waals surface area contributed by atoms with Crippen LogP contribution < -0.4 is 0 Å². The van der Waals surface area contributed by atoms with Crippen LogP contribution in [-0.2, 0) is 16.6 Å². The molecule has 26 heavy (non-hydrogen) atoms. The number of nitrogens with zero attached hydrogens (tertiary/aromatic N) is 3. The maximum absolute atomic E-state index is 12.3. The van der Waals surface area contributed by atoms with Crippen molar-refractivity contribution in [1.82, 2.24) is 15.0 Å². The first-order chi connectivity index (χ1) is 12.3. The van der Waals surface area contributed by atoms with Crippen LogP contribution in [0.15, 0.2) is 28.8 Å². The molecule has 0 saturated carbocycles. The Kier molecular flexibility index (Phi) is 5.44. The van der Waals surface area contributed by atoms with Gasteiger partial charge in [-0.1, -0.05) is 57.1 Å². The Morgan fingerprint density at radius 2 is 1.85 bits per heavy atom. The van der Waals surface area contributed by atoms with Gasteiger partial charge in [-0.25, -0.2) is 0 Å². The van der Waals surface area contributed by atoms with Crippen LogP contribution >= 0.6 is 0 Å². The van der Waals surface area contributed by atoms with E-state index < -0.39 is 0 Å². The van der Waals surface area contributed by atoms with Crippen LogP contribution in [0, 0.1) is 5.92 Å². The third-order valence-electron chi connectivity index (χ3n) is 5.17. The first kappa shape index (κ1) is 18.6. The molecule has 5 heteroatoms. The summed E-state index contributed by atoms with van der Waals surface area (Å²) in [5.74, 6) is 2.02. The summed E-state index contributed by atoms with van der Waals surface area (Å²) in [7, 11) is 0. The molecule has 0 atom stereocenters. The van der Waals surface area contributed by atoms with Gasteiger partial charge in [-0.2, -0.15) is 4.98 Å². The molecule has 1 fully saturated rings. The van der Waals surface area contributed by atoms with Crippen LogP contribution in [0.1, 0.15) is 58.4 Å². The molecule has 0 unspecified atom stereocenters. The zero-order valence-corrected chi connectivity index (χ0v) is 16.3. The van der Waals surface area contributed by atoms with E-state index in [2.05, 4.69) is 50.0 Å². The Balaban J connectivity index is 1.57. The molecule has 1 saturated heterocycles. The number of rotatable bonds is 4. The third kappa shape index (κ3) is 4.51. The number of carbonyl (C=O) groups excluding carboxylic acids is 1. The van der Waals surface area contributed by atoms with Gasteiger partial charge in [-0.15, -0.1) is 0 Å². The number of piperidine rings is 1. The fourth-order valence-corrected chi connectivity index (χ4v) is 3.22. The predicted octanol–water partition coefficient (Wildman–Crippen LogP) is 4.23. The van der Waals surface area contributed by atoms with E-state index in [1.165, 1.54) is 5.56 Å². The summed E-state index contributed by atoms with van der Waals surface area (Å²) in [6.45, 7) is 10.6. The van der Waals surface area contributed by atoms with Crippen molar-refractivity contribution < 1.29 is 9.32 Å². The quantitative estimate of drug-likeness (QED) is 0.824. The highest BCUT2D eigenvalue weighted by molar-refractivity contribution is 5.76. The number of carbonyl (C=O) groups is 1. The molecule has 1 amide bonds. The maximum atomic E-state index is 12.3. The zero-order valence-electron chi connectivity index (χ0n) is 16.3.